The zero-order valence-corrected chi connectivity index (χ0v) is 38.3. The Kier molecular flexibility index (Phi) is 15.5. The molecule has 0 bridgehead atoms. The van der Waals surface area contributed by atoms with Crippen molar-refractivity contribution >= 4 is 53.3 Å². The van der Waals surface area contributed by atoms with Crippen molar-refractivity contribution in [1.29, 1.82) is 0 Å². The van der Waals surface area contributed by atoms with Gasteiger partial charge in [-0.25, -0.2) is 23.3 Å². The number of benzene rings is 1. The number of aliphatic imine (C=N–C) groups is 2. The van der Waals surface area contributed by atoms with Crippen LogP contribution in [-0.4, -0.2) is 144 Å². The second-order valence-electron chi connectivity index (χ2n) is 19.0. The Morgan fingerprint density at radius 1 is 1.09 bits per heavy atom. The van der Waals surface area contributed by atoms with Gasteiger partial charge in [-0.15, -0.1) is 0 Å². The Balaban J connectivity index is 0.873. The van der Waals surface area contributed by atoms with Crippen molar-refractivity contribution < 1.29 is 51.8 Å². The van der Waals surface area contributed by atoms with E-state index < -0.39 is 53.9 Å². The summed E-state index contributed by atoms with van der Waals surface area (Å²) in [6, 6.07) is 4.49. The summed E-state index contributed by atoms with van der Waals surface area (Å²) >= 11 is 0. The van der Waals surface area contributed by atoms with E-state index in [2.05, 4.69) is 35.7 Å². The maximum Gasteiger partial charge on any atom is 0.408 e. The van der Waals surface area contributed by atoms with Crippen LogP contribution in [0.25, 0.3) is 0 Å². The van der Waals surface area contributed by atoms with Gasteiger partial charge in [0.2, 0.25) is 11.8 Å². The molecule has 5 amide bonds. The number of carbonyl (C=O) groups excluding carboxylic acids is 5. The number of nitrogens with two attached hydrogens (primary N) is 3. The van der Waals surface area contributed by atoms with Crippen molar-refractivity contribution in [3.63, 3.8) is 0 Å². The van der Waals surface area contributed by atoms with E-state index in [-0.39, 0.29) is 60.9 Å². The van der Waals surface area contributed by atoms with Gasteiger partial charge in [0.05, 0.1) is 23.9 Å². The number of quaternary nitrogens is 1. The third-order valence-electron chi connectivity index (χ3n) is 13.0. The molecule has 7 rings (SSSR count). The van der Waals surface area contributed by atoms with Gasteiger partial charge >= 0.3 is 17.8 Å². The van der Waals surface area contributed by atoms with Gasteiger partial charge < -0.3 is 36.6 Å². The number of carbonyl (C=O) groups is 5. The number of hydrogen-bond donors (Lipinski definition) is 6. The lowest BCUT2D eigenvalue weighted by Gasteiger charge is -2.37. The number of alkyl halides is 3. The van der Waals surface area contributed by atoms with Crippen LogP contribution in [0.1, 0.15) is 88.1 Å². The molecule has 67 heavy (non-hydrogen) atoms. The second kappa shape index (κ2) is 21.3. The largest absolute Gasteiger partial charge is 0.444 e. The monoisotopic (exact) mass is 936 g/mol. The lowest BCUT2D eigenvalue weighted by atomic mass is 9.84. The number of fused-ring (bicyclic) bond motifs is 1. The van der Waals surface area contributed by atoms with Gasteiger partial charge in [-0.1, -0.05) is 0 Å². The number of piperazine rings is 1. The SMILES string of the molecule is CC(C)(C)OC(=O)N[C@@H]1C[C@@H](F)C[N+](=C2C=C[NH2+]C(/C(=C\N)C(=O)N/C(C=NC3CCC(CCN4CCN(c5ccc6c(c5)CN(C5CCC(=O)NC5=O)C6=O)CC4)CC3)=C(/N)C(F)F)=N2)C1. The number of halogens is 3. The molecule has 3 atom stereocenters. The van der Waals surface area contributed by atoms with Crippen molar-refractivity contribution in [2.75, 3.05) is 50.7 Å². The number of imide groups is 1. The van der Waals surface area contributed by atoms with E-state index in [1.807, 2.05) is 18.2 Å². The summed E-state index contributed by atoms with van der Waals surface area (Å²) in [5.41, 5.74) is 12.2. The summed E-state index contributed by atoms with van der Waals surface area (Å²) in [6.45, 7) is 10.1. The molecule has 6 aliphatic rings. The zero-order valence-electron chi connectivity index (χ0n) is 38.3. The number of anilines is 1. The van der Waals surface area contributed by atoms with Crippen molar-refractivity contribution in [2.45, 2.75) is 115 Å². The van der Waals surface area contributed by atoms with Crippen molar-refractivity contribution in [1.82, 2.24) is 25.8 Å². The van der Waals surface area contributed by atoms with Gasteiger partial charge in [0.25, 0.3) is 18.2 Å². The van der Waals surface area contributed by atoms with E-state index in [0.717, 1.165) is 82.3 Å². The minimum absolute atomic E-state index is 0.00765. The van der Waals surface area contributed by atoms with E-state index in [9.17, 15) is 37.1 Å². The molecule has 9 N–H and O–H groups in total. The molecule has 0 spiro atoms. The highest BCUT2D eigenvalue weighted by atomic mass is 19.3. The summed E-state index contributed by atoms with van der Waals surface area (Å²) in [6.07, 6.45) is 5.41. The Hall–Kier alpha value is -6.09. The fourth-order valence-corrected chi connectivity index (χ4v) is 9.43. The van der Waals surface area contributed by atoms with Crippen LogP contribution in [0, 0.1) is 5.92 Å². The molecule has 4 fully saturated rings. The van der Waals surface area contributed by atoms with Gasteiger partial charge in [0.15, 0.2) is 5.57 Å². The lowest BCUT2D eigenvalue weighted by Crippen LogP contribution is -2.84. The average molecular weight is 937 g/mol. The first-order chi connectivity index (χ1) is 31.9. The minimum atomic E-state index is -3.07. The maximum atomic E-state index is 14.9. The molecule has 1 unspecified atom stereocenters. The van der Waals surface area contributed by atoms with Crippen LogP contribution in [-0.2, 0) is 25.7 Å². The molecule has 5 aliphatic heterocycles. The molecule has 0 aromatic heterocycles. The van der Waals surface area contributed by atoms with Crippen molar-refractivity contribution in [2.24, 2.45) is 27.4 Å². The fraction of sp³-hybridized carbons (Fsp3) is 0.565. The molecule has 362 valence electrons. The summed E-state index contributed by atoms with van der Waals surface area (Å²) in [4.78, 5) is 78.7. The van der Waals surface area contributed by atoms with Crippen LogP contribution >= 0.6 is 0 Å². The zero-order chi connectivity index (χ0) is 48.0. The Morgan fingerprint density at radius 3 is 2.52 bits per heavy atom. The number of nitrogens with zero attached hydrogens (tertiary/aromatic N) is 6. The molecule has 21 heteroatoms. The topological polar surface area (TPSA) is 237 Å². The fourth-order valence-electron chi connectivity index (χ4n) is 9.43. The Bertz CT molecular complexity index is 2270. The number of piperidine rings is 2. The van der Waals surface area contributed by atoms with E-state index in [4.69, 9.17) is 16.2 Å². The average Bonchev–Trinajstić information content (AvgIpc) is 3.61. The number of ether oxygens (including phenoxy) is 1. The number of nitrogens with one attached hydrogen (secondary N) is 3. The first-order valence-electron chi connectivity index (χ1n) is 23.1. The molecule has 5 heterocycles. The predicted octanol–water partition coefficient (Wildman–Crippen LogP) is 1.52. The summed E-state index contributed by atoms with van der Waals surface area (Å²) in [7, 11) is 0. The lowest BCUT2D eigenvalue weighted by molar-refractivity contribution is -0.548. The predicted molar refractivity (Wildman–Crippen MR) is 244 cm³/mol. The number of rotatable bonds is 12. The molecule has 1 aromatic rings. The van der Waals surface area contributed by atoms with Gasteiger partial charge in [0, 0.05) is 74.2 Å². The van der Waals surface area contributed by atoms with Crippen LogP contribution in [0.3, 0.4) is 0 Å². The normalized spacial score (nSPS) is 26.9. The van der Waals surface area contributed by atoms with Gasteiger partial charge in [-0.05, 0) is 95.5 Å². The van der Waals surface area contributed by atoms with E-state index >= 15 is 0 Å². The van der Waals surface area contributed by atoms with Crippen molar-refractivity contribution in [3.05, 3.63) is 64.8 Å². The van der Waals surface area contributed by atoms with E-state index in [1.165, 1.54) is 11.5 Å². The highest BCUT2D eigenvalue weighted by Crippen LogP contribution is 2.32. The molecule has 1 saturated carbocycles. The minimum Gasteiger partial charge on any atom is -0.444 e. The van der Waals surface area contributed by atoms with E-state index in [0.29, 0.717) is 30.3 Å². The molecule has 3 saturated heterocycles. The quantitative estimate of drug-likeness (QED) is 0.0765. The number of hydrogen-bond acceptors (Lipinski definition) is 11. The number of allylic oxidation sites excluding steroid dienone is 2. The first kappa shape index (κ1) is 48.8. The first-order valence-corrected chi connectivity index (χ1v) is 23.1. The number of amidine groups is 2. The highest BCUT2D eigenvalue weighted by molar-refractivity contribution is 6.21. The summed E-state index contributed by atoms with van der Waals surface area (Å²) < 4.78 is 49.8. The van der Waals surface area contributed by atoms with Crippen LogP contribution in [0.15, 0.2) is 63.6 Å². The van der Waals surface area contributed by atoms with Crippen LogP contribution in [0.2, 0.25) is 0 Å². The molecule has 0 radical (unpaired) electrons. The number of alkyl carbamates (subject to hydrolysis) is 1. The molecule has 18 nitrogen and oxygen atoms in total. The molecule has 1 aromatic carbocycles. The Labute approximate surface area is 387 Å². The Morgan fingerprint density at radius 2 is 1.84 bits per heavy atom. The van der Waals surface area contributed by atoms with Crippen LogP contribution in [0.5, 0.6) is 0 Å². The third kappa shape index (κ3) is 12.5. The maximum absolute atomic E-state index is 14.9. The van der Waals surface area contributed by atoms with Crippen LogP contribution in [0.4, 0.5) is 23.7 Å². The van der Waals surface area contributed by atoms with E-state index in [1.54, 1.807) is 42.5 Å². The van der Waals surface area contributed by atoms with Crippen molar-refractivity contribution in [3.8, 4) is 0 Å². The van der Waals surface area contributed by atoms with Gasteiger partial charge in [0.1, 0.15) is 42.8 Å². The smallest absolute Gasteiger partial charge is 0.408 e. The standard InChI is InChI=1S/C46H61F3N12O6/c1-46(2,3)67-45(66)54-31-21-29(47)25-60(26-31)37-12-14-52-41(56-37)34(22-50)42(63)55-35(39(51)40(48)49)23-53-30-6-4-27(5-7-30)13-15-58-16-18-59(19-17-58)32-8-9-33-28(20-32)24-61(44(33)65)36-10-11-38(62)57-43(36)64/h8-9,12,14,20,22-23,27,29-31,36,40H,4-7,10-11,13,15-19,21,24-26H2,1-3H3,(H7,50,51,52,53,54,55,56,57,62,63,64,66)/p+2/t27?,29-,30?,31-,36?/m1/s1. The van der Waals surface area contributed by atoms with Gasteiger partial charge in [-0.3, -0.25) is 39.0 Å². The molecule has 1 aliphatic carbocycles. The third-order valence-corrected chi connectivity index (χ3v) is 13.0. The molecular weight excluding hydrogens is 874 g/mol. The summed E-state index contributed by atoms with van der Waals surface area (Å²) in [5.74, 6) is -0.834. The second-order valence-corrected chi connectivity index (χ2v) is 19.0. The molecular formula is C46H63F3N12O6+2. The summed E-state index contributed by atoms with van der Waals surface area (Å²) in [5, 5.41) is 9.04. The highest BCUT2D eigenvalue weighted by Gasteiger charge is 2.40. The number of amides is 5. The van der Waals surface area contributed by atoms with Crippen LogP contribution < -0.4 is 37.6 Å². The van der Waals surface area contributed by atoms with Gasteiger partial charge in [-0.2, -0.15) is 0 Å².